The minimum atomic E-state index is -0.788. The Morgan fingerprint density at radius 1 is 0.926 bits per heavy atom. The zero-order chi connectivity index (χ0) is 18.8. The number of hydrogen-bond acceptors (Lipinski definition) is 3. The van der Waals surface area contributed by atoms with Crippen molar-refractivity contribution in [2.24, 2.45) is 0 Å². The maximum Gasteiger partial charge on any atom is 0.310 e. The highest BCUT2D eigenvalue weighted by atomic mass is 16.4. The molecule has 1 aromatic heterocycles. The highest BCUT2D eigenvalue weighted by Crippen LogP contribution is 2.33. The molecule has 0 saturated carbocycles. The Morgan fingerprint density at radius 2 is 1.48 bits per heavy atom. The quantitative estimate of drug-likeness (QED) is 0.450. The van der Waals surface area contributed by atoms with Gasteiger partial charge in [-0.3, -0.25) is 4.79 Å². The van der Waals surface area contributed by atoms with Crippen molar-refractivity contribution >= 4 is 39.1 Å². The van der Waals surface area contributed by atoms with Crippen LogP contribution in [0.3, 0.4) is 0 Å². The fourth-order valence-corrected chi connectivity index (χ4v) is 3.47. The second-order valence-corrected chi connectivity index (χ2v) is 6.57. The zero-order valence-corrected chi connectivity index (χ0v) is 15.0. The zero-order valence-electron chi connectivity index (χ0n) is 15.0. The topological polar surface area (TPSA) is 62.2 Å². The predicted octanol–water partition coefficient (Wildman–Crippen LogP) is 5.71. The first-order valence-corrected chi connectivity index (χ1v) is 9.04. The van der Waals surface area contributed by atoms with Crippen LogP contribution in [0.1, 0.15) is 24.8 Å². The minimum Gasteiger partial charge on any atom is -0.481 e. The van der Waals surface area contributed by atoms with Crippen LogP contribution < -0.4 is 5.32 Å². The third kappa shape index (κ3) is 3.22. The van der Waals surface area contributed by atoms with Crippen LogP contribution in [-0.4, -0.2) is 16.1 Å². The summed E-state index contributed by atoms with van der Waals surface area (Å²) >= 11 is 0. The van der Waals surface area contributed by atoms with E-state index in [0.717, 1.165) is 38.7 Å². The number of carbonyl (C=O) groups is 1. The van der Waals surface area contributed by atoms with Gasteiger partial charge in [0.2, 0.25) is 0 Å². The smallest absolute Gasteiger partial charge is 0.310 e. The molecule has 1 unspecified atom stereocenters. The summed E-state index contributed by atoms with van der Waals surface area (Å²) in [7, 11) is 0. The summed E-state index contributed by atoms with van der Waals surface area (Å²) in [4.78, 5) is 16.1. The molecule has 0 saturated heterocycles. The maximum absolute atomic E-state index is 11.4. The first kappa shape index (κ1) is 17.0. The molecule has 0 aliphatic heterocycles. The summed E-state index contributed by atoms with van der Waals surface area (Å²) in [5, 5.41) is 15.0. The molecule has 4 nitrogen and oxygen atoms in total. The summed E-state index contributed by atoms with van der Waals surface area (Å²) in [6.07, 6.45) is 0.571. The number of aliphatic carboxylic acids is 1. The van der Waals surface area contributed by atoms with Gasteiger partial charge in [-0.15, -0.1) is 0 Å². The van der Waals surface area contributed by atoms with Crippen LogP contribution in [0.5, 0.6) is 0 Å². The van der Waals surface area contributed by atoms with Gasteiger partial charge in [-0.1, -0.05) is 55.5 Å². The highest BCUT2D eigenvalue weighted by Gasteiger charge is 2.17. The van der Waals surface area contributed by atoms with Gasteiger partial charge in [0, 0.05) is 16.5 Å². The van der Waals surface area contributed by atoms with Crippen molar-refractivity contribution < 1.29 is 9.90 Å². The Bertz CT molecular complexity index is 1070. The SMILES string of the molecule is CCC(C(=O)O)c1ccc(Nc2c3ccccc3nc3ccccc23)cc1. The van der Waals surface area contributed by atoms with E-state index in [2.05, 4.69) is 17.4 Å². The average molecular weight is 356 g/mol. The third-order valence-electron chi connectivity index (χ3n) is 4.88. The summed E-state index contributed by atoms with van der Waals surface area (Å²) in [5.74, 6) is -1.26. The van der Waals surface area contributed by atoms with Crippen molar-refractivity contribution in [2.45, 2.75) is 19.3 Å². The molecular formula is C23H20N2O2. The van der Waals surface area contributed by atoms with Crippen LogP contribution in [0, 0.1) is 0 Å². The molecule has 3 aromatic carbocycles. The van der Waals surface area contributed by atoms with Crippen LogP contribution in [0.2, 0.25) is 0 Å². The third-order valence-corrected chi connectivity index (χ3v) is 4.88. The van der Waals surface area contributed by atoms with Crippen LogP contribution in [0.4, 0.5) is 11.4 Å². The molecule has 0 spiro atoms. The molecule has 0 fully saturated rings. The van der Waals surface area contributed by atoms with Crippen molar-refractivity contribution in [1.29, 1.82) is 0 Å². The van der Waals surface area contributed by atoms with Crippen LogP contribution in [0.15, 0.2) is 72.8 Å². The fourth-order valence-electron chi connectivity index (χ4n) is 3.47. The molecule has 0 aliphatic carbocycles. The second-order valence-electron chi connectivity index (χ2n) is 6.57. The van der Waals surface area contributed by atoms with Crippen LogP contribution in [-0.2, 0) is 4.79 Å². The molecule has 0 bridgehead atoms. The van der Waals surface area contributed by atoms with E-state index in [0.29, 0.717) is 6.42 Å². The van der Waals surface area contributed by atoms with Crippen LogP contribution in [0.25, 0.3) is 21.8 Å². The van der Waals surface area contributed by atoms with E-state index in [1.807, 2.05) is 67.6 Å². The van der Waals surface area contributed by atoms with Gasteiger partial charge in [0.1, 0.15) is 0 Å². The number of hydrogen-bond donors (Lipinski definition) is 2. The number of carboxylic acid groups (broad SMARTS) is 1. The number of aromatic nitrogens is 1. The largest absolute Gasteiger partial charge is 0.481 e. The van der Waals surface area contributed by atoms with E-state index < -0.39 is 11.9 Å². The van der Waals surface area contributed by atoms with Crippen molar-refractivity contribution in [1.82, 2.24) is 4.98 Å². The Morgan fingerprint density at radius 3 is 2.00 bits per heavy atom. The number of pyridine rings is 1. The second kappa shape index (κ2) is 7.08. The average Bonchev–Trinajstić information content (AvgIpc) is 2.69. The van der Waals surface area contributed by atoms with Gasteiger partial charge in [-0.25, -0.2) is 4.98 Å². The van der Waals surface area contributed by atoms with Gasteiger partial charge >= 0.3 is 5.97 Å². The molecule has 0 aliphatic rings. The normalized spacial score (nSPS) is 12.2. The standard InChI is InChI=1S/C23H20N2O2/c1-2-17(23(26)27)15-11-13-16(14-12-15)24-22-18-7-3-5-9-20(18)25-21-10-6-4-8-19(21)22/h3-14,17H,2H2,1H3,(H,24,25)(H,26,27). The first-order chi connectivity index (χ1) is 13.2. The molecule has 4 heteroatoms. The molecular weight excluding hydrogens is 336 g/mol. The van der Waals surface area contributed by atoms with Gasteiger partial charge in [0.05, 0.1) is 22.6 Å². The molecule has 0 radical (unpaired) electrons. The van der Waals surface area contributed by atoms with Crippen molar-refractivity contribution in [2.75, 3.05) is 5.32 Å². The number of benzene rings is 3. The van der Waals surface area contributed by atoms with E-state index >= 15 is 0 Å². The number of carboxylic acids is 1. The van der Waals surface area contributed by atoms with E-state index in [-0.39, 0.29) is 0 Å². The minimum absolute atomic E-state index is 0.471. The van der Waals surface area contributed by atoms with Gasteiger partial charge in [0.25, 0.3) is 0 Å². The Labute approximate surface area is 157 Å². The lowest BCUT2D eigenvalue weighted by Gasteiger charge is -2.15. The number of nitrogens with one attached hydrogen (secondary N) is 1. The molecule has 4 aromatic rings. The lowest BCUT2D eigenvalue weighted by molar-refractivity contribution is -0.138. The fraction of sp³-hybridized carbons (Fsp3) is 0.130. The summed E-state index contributed by atoms with van der Waals surface area (Å²) in [6.45, 7) is 1.89. The molecule has 0 amide bonds. The van der Waals surface area contributed by atoms with E-state index in [1.165, 1.54) is 0 Å². The lowest BCUT2D eigenvalue weighted by Crippen LogP contribution is -2.10. The number of nitrogens with zero attached hydrogens (tertiary/aromatic N) is 1. The van der Waals surface area contributed by atoms with E-state index in [9.17, 15) is 9.90 Å². The first-order valence-electron chi connectivity index (χ1n) is 9.04. The van der Waals surface area contributed by atoms with Gasteiger partial charge < -0.3 is 10.4 Å². The monoisotopic (exact) mass is 356 g/mol. The van der Waals surface area contributed by atoms with Crippen molar-refractivity contribution in [3.63, 3.8) is 0 Å². The van der Waals surface area contributed by atoms with E-state index in [1.54, 1.807) is 0 Å². The van der Waals surface area contributed by atoms with Gasteiger partial charge in [0.15, 0.2) is 0 Å². The molecule has 2 N–H and O–H groups in total. The Kier molecular flexibility index (Phi) is 4.47. The summed E-state index contributed by atoms with van der Waals surface area (Å²) in [6, 6.07) is 23.8. The number of anilines is 2. The maximum atomic E-state index is 11.4. The predicted molar refractivity (Wildman–Crippen MR) is 110 cm³/mol. The highest BCUT2D eigenvalue weighted by molar-refractivity contribution is 6.08. The van der Waals surface area contributed by atoms with Crippen LogP contribution >= 0.6 is 0 Å². The van der Waals surface area contributed by atoms with Crippen molar-refractivity contribution in [3.05, 3.63) is 78.4 Å². The molecule has 1 heterocycles. The number of para-hydroxylation sites is 2. The Hall–Kier alpha value is -3.40. The molecule has 1 atom stereocenters. The van der Waals surface area contributed by atoms with Crippen molar-refractivity contribution in [3.8, 4) is 0 Å². The summed E-state index contributed by atoms with van der Waals surface area (Å²) in [5.41, 5.74) is 4.62. The Balaban J connectivity index is 1.77. The van der Waals surface area contributed by atoms with E-state index in [4.69, 9.17) is 4.98 Å². The molecule has 4 rings (SSSR count). The lowest BCUT2D eigenvalue weighted by atomic mass is 9.96. The van der Waals surface area contributed by atoms with Gasteiger partial charge in [-0.05, 0) is 36.2 Å². The number of rotatable bonds is 5. The molecule has 134 valence electrons. The van der Waals surface area contributed by atoms with Gasteiger partial charge in [-0.2, -0.15) is 0 Å². The number of fused-ring (bicyclic) bond motifs is 2. The molecule has 27 heavy (non-hydrogen) atoms. The summed E-state index contributed by atoms with van der Waals surface area (Å²) < 4.78 is 0.